The van der Waals surface area contributed by atoms with Crippen molar-refractivity contribution in [3.05, 3.63) is 28.8 Å². The van der Waals surface area contributed by atoms with Gasteiger partial charge < -0.3 is 15.1 Å². The molecule has 1 aliphatic heterocycles. The molecule has 1 heterocycles. The van der Waals surface area contributed by atoms with Gasteiger partial charge in [-0.1, -0.05) is 30.9 Å². The Labute approximate surface area is 154 Å². The molecule has 1 saturated carbocycles. The van der Waals surface area contributed by atoms with E-state index in [1.807, 2.05) is 11.9 Å². The smallest absolute Gasteiger partial charge is 0.321 e. The fourth-order valence-electron chi connectivity index (χ4n) is 3.71. The molecule has 1 aromatic carbocycles. The van der Waals surface area contributed by atoms with Crippen molar-refractivity contribution in [2.45, 2.75) is 51.0 Å². The molecule has 1 aliphatic carbocycles. The van der Waals surface area contributed by atoms with Gasteiger partial charge in [0, 0.05) is 31.9 Å². The summed E-state index contributed by atoms with van der Waals surface area (Å²) in [6.07, 6.45) is 7.83. The van der Waals surface area contributed by atoms with E-state index in [0.29, 0.717) is 22.3 Å². The lowest BCUT2D eigenvalue weighted by molar-refractivity contribution is 0.0696. The largest absolute Gasteiger partial charge is 0.339 e. The van der Waals surface area contributed by atoms with E-state index in [4.69, 9.17) is 11.6 Å². The van der Waals surface area contributed by atoms with Gasteiger partial charge in [-0.15, -0.1) is 0 Å². The molecule has 136 valence electrons. The molecular weight excluding hydrogens is 338 g/mol. The number of benzene rings is 1. The Hall–Kier alpha value is -1.75. The molecule has 3 amide bonds. The number of nitrogens with one attached hydrogen (secondary N) is 1. The fourth-order valence-corrected chi connectivity index (χ4v) is 3.97. The SMILES string of the molecule is CN(C(=O)c1ccc(NC(=O)N2CCCC2)cc1Cl)C1CCCCC1. The fraction of sp³-hybridized carbons (Fsp3) is 0.579. The summed E-state index contributed by atoms with van der Waals surface area (Å²) in [4.78, 5) is 28.5. The lowest BCUT2D eigenvalue weighted by Crippen LogP contribution is -2.38. The van der Waals surface area contributed by atoms with Crippen molar-refractivity contribution in [1.82, 2.24) is 9.80 Å². The average molecular weight is 364 g/mol. The predicted octanol–water partition coefficient (Wildman–Crippen LogP) is 4.37. The number of anilines is 1. The molecule has 0 aromatic heterocycles. The van der Waals surface area contributed by atoms with E-state index in [1.165, 1.54) is 19.3 Å². The molecular formula is C19H26ClN3O2. The summed E-state index contributed by atoms with van der Waals surface area (Å²) >= 11 is 6.34. The second kappa shape index (κ2) is 8.09. The second-order valence-electron chi connectivity index (χ2n) is 7.03. The lowest BCUT2D eigenvalue weighted by Gasteiger charge is -2.31. The Morgan fingerprint density at radius 1 is 1.12 bits per heavy atom. The zero-order chi connectivity index (χ0) is 17.8. The molecule has 0 bridgehead atoms. The molecule has 3 rings (SSSR count). The molecule has 1 aromatic rings. The van der Waals surface area contributed by atoms with Crippen molar-refractivity contribution in [2.75, 3.05) is 25.5 Å². The predicted molar refractivity (Wildman–Crippen MR) is 100 cm³/mol. The van der Waals surface area contributed by atoms with Crippen LogP contribution in [0.1, 0.15) is 55.3 Å². The van der Waals surface area contributed by atoms with E-state index in [1.54, 1.807) is 23.1 Å². The normalized spacial score (nSPS) is 18.2. The minimum atomic E-state index is -0.105. The zero-order valence-corrected chi connectivity index (χ0v) is 15.5. The van der Waals surface area contributed by atoms with Crippen LogP contribution < -0.4 is 5.32 Å². The number of amides is 3. The van der Waals surface area contributed by atoms with Gasteiger partial charge in [-0.2, -0.15) is 0 Å². The highest BCUT2D eigenvalue weighted by Gasteiger charge is 2.25. The Bertz CT molecular complexity index is 638. The van der Waals surface area contributed by atoms with Crippen LogP contribution in [0, 0.1) is 0 Å². The summed E-state index contributed by atoms with van der Waals surface area (Å²) in [5.74, 6) is -0.0469. The number of carbonyl (C=O) groups excluding carboxylic acids is 2. The number of rotatable bonds is 3. The maximum atomic E-state index is 12.8. The number of nitrogens with zero attached hydrogens (tertiary/aromatic N) is 2. The van der Waals surface area contributed by atoms with Gasteiger partial charge in [0.1, 0.15) is 0 Å². The third-order valence-corrected chi connectivity index (χ3v) is 5.60. The van der Waals surface area contributed by atoms with Crippen LogP contribution in [0.5, 0.6) is 0 Å². The highest BCUT2D eigenvalue weighted by molar-refractivity contribution is 6.34. The molecule has 0 unspecified atom stereocenters. The highest BCUT2D eigenvalue weighted by atomic mass is 35.5. The number of carbonyl (C=O) groups is 2. The van der Waals surface area contributed by atoms with Crippen molar-refractivity contribution in [3.63, 3.8) is 0 Å². The molecule has 25 heavy (non-hydrogen) atoms. The maximum Gasteiger partial charge on any atom is 0.321 e. The van der Waals surface area contributed by atoms with Crippen molar-refractivity contribution >= 4 is 29.2 Å². The zero-order valence-electron chi connectivity index (χ0n) is 14.8. The highest BCUT2D eigenvalue weighted by Crippen LogP contribution is 2.27. The minimum Gasteiger partial charge on any atom is -0.339 e. The van der Waals surface area contributed by atoms with Crippen molar-refractivity contribution in [3.8, 4) is 0 Å². The standard InChI is InChI=1S/C19H26ClN3O2/c1-22(15-7-3-2-4-8-15)18(24)16-10-9-14(13-17(16)20)21-19(25)23-11-5-6-12-23/h9-10,13,15H,2-8,11-12H2,1H3,(H,21,25). The van der Waals surface area contributed by atoms with E-state index < -0.39 is 0 Å². The Morgan fingerprint density at radius 3 is 2.44 bits per heavy atom. The molecule has 5 nitrogen and oxygen atoms in total. The maximum absolute atomic E-state index is 12.8. The molecule has 6 heteroatoms. The molecule has 1 N–H and O–H groups in total. The van der Waals surface area contributed by atoms with Crippen LogP contribution >= 0.6 is 11.6 Å². The average Bonchev–Trinajstić information content (AvgIpc) is 3.16. The number of hydrogen-bond acceptors (Lipinski definition) is 2. The van der Waals surface area contributed by atoms with E-state index in [-0.39, 0.29) is 11.9 Å². The number of likely N-dealkylation sites (tertiary alicyclic amines) is 1. The van der Waals surface area contributed by atoms with E-state index in [0.717, 1.165) is 38.8 Å². The Balaban J connectivity index is 1.66. The number of halogens is 1. The molecule has 0 radical (unpaired) electrons. The lowest BCUT2D eigenvalue weighted by atomic mass is 9.94. The molecule has 2 aliphatic rings. The summed E-state index contributed by atoms with van der Waals surface area (Å²) in [7, 11) is 1.86. The summed E-state index contributed by atoms with van der Waals surface area (Å²) in [5.41, 5.74) is 1.12. The summed E-state index contributed by atoms with van der Waals surface area (Å²) in [5, 5.41) is 3.24. The molecule has 1 saturated heterocycles. The van der Waals surface area contributed by atoms with Gasteiger partial charge in [0.05, 0.1) is 10.6 Å². The molecule has 0 atom stereocenters. The third kappa shape index (κ3) is 4.27. The van der Waals surface area contributed by atoms with Gasteiger partial charge in [0.15, 0.2) is 0 Å². The van der Waals surface area contributed by atoms with Gasteiger partial charge >= 0.3 is 6.03 Å². The summed E-state index contributed by atoms with van der Waals surface area (Å²) in [6.45, 7) is 1.59. The van der Waals surface area contributed by atoms with Crippen molar-refractivity contribution in [1.29, 1.82) is 0 Å². The van der Waals surface area contributed by atoms with Crippen LogP contribution in [0.25, 0.3) is 0 Å². The van der Waals surface area contributed by atoms with Gasteiger partial charge in [-0.3, -0.25) is 4.79 Å². The van der Waals surface area contributed by atoms with Crippen LogP contribution in [0.3, 0.4) is 0 Å². The third-order valence-electron chi connectivity index (χ3n) is 5.29. The number of urea groups is 1. The quantitative estimate of drug-likeness (QED) is 0.866. The molecule has 0 spiro atoms. The summed E-state index contributed by atoms with van der Waals surface area (Å²) in [6, 6.07) is 5.32. The second-order valence-corrected chi connectivity index (χ2v) is 7.43. The summed E-state index contributed by atoms with van der Waals surface area (Å²) < 4.78 is 0. The van der Waals surface area contributed by atoms with Crippen LogP contribution in [-0.4, -0.2) is 47.9 Å². The van der Waals surface area contributed by atoms with E-state index >= 15 is 0 Å². The van der Waals surface area contributed by atoms with E-state index in [2.05, 4.69) is 5.32 Å². The van der Waals surface area contributed by atoms with Gasteiger partial charge in [0.2, 0.25) is 0 Å². The monoisotopic (exact) mass is 363 g/mol. The van der Waals surface area contributed by atoms with Crippen LogP contribution in [0.2, 0.25) is 5.02 Å². The molecule has 2 fully saturated rings. The Kier molecular flexibility index (Phi) is 5.84. The van der Waals surface area contributed by atoms with Crippen molar-refractivity contribution in [2.24, 2.45) is 0 Å². The van der Waals surface area contributed by atoms with Gasteiger partial charge in [-0.25, -0.2) is 4.79 Å². The van der Waals surface area contributed by atoms with Gasteiger partial charge in [0.25, 0.3) is 5.91 Å². The first kappa shape index (κ1) is 18.1. The van der Waals surface area contributed by atoms with Crippen LogP contribution in [0.15, 0.2) is 18.2 Å². The topological polar surface area (TPSA) is 52.7 Å². The first-order valence-corrected chi connectivity index (χ1v) is 9.56. The Morgan fingerprint density at radius 2 is 1.80 bits per heavy atom. The van der Waals surface area contributed by atoms with Crippen LogP contribution in [-0.2, 0) is 0 Å². The van der Waals surface area contributed by atoms with Crippen molar-refractivity contribution < 1.29 is 9.59 Å². The number of hydrogen-bond donors (Lipinski definition) is 1. The first-order chi connectivity index (χ1) is 12.1. The minimum absolute atomic E-state index is 0.0469. The first-order valence-electron chi connectivity index (χ1n) is 9.19. The van der Waals surface area contributed by atoms with Crippen LogP contribution in [0.4, 0.5) is 10.5 Å². The van der Waals surface area contributed by atoms with Gasteiger partial charge in [-0.05, 0) is 43.9 Å². The van der Waals surface area contributed by atoms with E-state index in [9.17, 15) is 9.59 Å².